The van der Waals surface area contributed by atoms with Gasteiger partial charge in [-0.2, -0.15) is 39.8 Å². The van der Waals surface area contributed by atoms with Crippen LogP contribution in [-0.2, 0) is 105 Å². The van der Waals surface area contributed by atoms with Crippen molar-refractivity contribution in [2.75, 3.05) is 0 Å². The Hall–Kier alpha value is -5.52. The van der Waals surface area contributed by atoms with E-state index in [0.29, 0.717) is 0 Å². The van der Waals surface area contributed by atoms with E-state index in [1.54, 1.807) is 58.5 Å². The fourth-order valence-corrected chi connectivity index (χ4v) is 6.79. The minimum atomic E-state index is -0.475. The van der Waals surface area contributed by atoms with Gasteiger partial charge in [-0.1, -0.05) is 66.7 Å². The molecule has 76 heavy (non-hydrogen) atoms. The van der Waals surface area contributed by atoms with Gasteiger partial charge in [0, 0.05) is 155 Å². The van der Waals surface area contributed by atoms with E-state index in [-0.39, 0.29) is 119 Å². The molecule has 6 aromatic heterocycles. The minimum Gasteiger partial charge on any atom is -0.393 e. The van der Waals surface area contributed by atoms with Crippen molar-refractivity contribution >= 4 is 17.1 Å². The van der Waals surface area contributed by atoms with Crippen molar-refractivity contribution < 1.29 is 115 Å². The van der Waals surface area contributed by atoms with Gasteiger partial charge >= 0.3 is 0 Å². The molecule has 0 bridgehead atoms. The zero-order valence-corrected chi connectivity index (χ0v) is 53.5. The number of carbonyl (C=O) groups excluding carboxylic acids is 1. The number of aromatic nitrogens is 7. The third-order valence-electron chi connectivity index (χ3n) is 9.36. The van der Waals surface area contributed by atoms with Crippen LogP contribution >= 0.6 is 11.3 Å². The second-order valence-electron chi connectivity index (χ2n) is 15.0. The molecule has 5 aromatic carbocycles. The number of hydrogen-bond acceptors (Lipinski definition) is 8. The molecule has 399 valence electrons. The van der Waals surface area contributed by atoms with Crippen molar-refractivity contribution in [2.45, 2.75) is 26.4 Å². The van der Waals surface area contributed by atoms with E-state index >= 15 is 0 Å². The number of para-hydroxylation sites is 1. The molecule has 1 atom stereocenters. The second-order valence-corrected chi connectivity index (χ2v) is 15.8. The van der Waals surface area contributed by atoms with Crippen LogP contribution in [0, 0.1) is 36.1 Å². The number of Topliss-reactive ketones (excluding diaryl/α,β-unsaturated/α-hetero) is 1. The average molecular weight is 1910 g/mol. The topological polar surface area (TPSA) is 112 Å². The monoisotopic (exact) mass is 1920 g/mol. The van der Waals surface area contributed by atoms with Crippen molar-refractivity contribution in [3.8, 4) is 55.7 Å². The van der Waals surface area contributed by atoms with Gasteiger partial charge in [0.05, 0.1) is 11.8 Å². The summed E-state index contributed by atoms with van der Waals surface area (Å²) >= 11 is 1.63. The van der Waals surface area contributed by atoms with Gasteiger partial charge in [-0.3, -0.25) is 23.5 Å². The number of aliphatic hydroxyl groups excluding tert-OH is 1. The molecule has 0 aliphatic rings. The molecule has 0 amide bonds. The summed E-state index contributed by atoms with van der Waals surface area (Å²) in [5.41, 5.74) is 8.70. The van der Waals surface area contributed by atoms with Crippen molar-refractivity contribution in [1.29, 1.82) is 0 Å². The number of pyridine rings is 3. The van der Waals surface area contributed by atoms with Gasteiger partial charge in [-0.15, -0.1) is 108 Å². The van der Waals surface area contributed by atoms with Crippen molar-refractivity contribution in [3.05, 3.63) is 273 Å². The molecule has 6 heterocycles. The molecule has 0 saturated carbocycles. The molecule has 11 rings (SSSR count). The Morgan fingerprint density at radius 1 is 0.539 bits per heavy atom. The number of rotatable bonds is 8. The number of ketones is 1. The first-order chi connectivity index (χ1) is 34.8. The summed E-state index contributed by atoms with van der Waals surface area (Å²) in [7, 11) is 0. The van der Waals surface area contributed by atoms with Gasteiger partial charge in [-0.25, -0.2) is 23.5 Å². The summed E-state index contributed by atoms with van der Waals surface area (Å²) in [6.45, 7) is 3.06. The number of thiophene rings is 1. The normalized spacial score (nSPS) is 9.63. The second kappa shape index (κ2) is 39.8. The number of halogens is 1. The average Bonchev–Trinajstić information content (AvgIpc) is 4.28. The smallest absolute Gasteiger partial charge is 0.132 e. The summed E-state index contributed by atoms with van der Waals surface area (Å²) < 4.78 is 16.1. The van der Waals surface area contributed by atoms with Gasteiger partial charge in [0.1, 0.15) is 5.78 Å². The number of benzene rings is 5. The third kappa shape index (κ3) is 25.1. The quantitative estimate of drug-likeness (QED) is 0.151. The van der Waals surface area contributed by atoms with Gasteiger partial charge in [0.25, 0.3) is 0 Å². The molecule has 0 aliphatic heterocycles. The van der Waals surface area contributed by atoms with Crippen molar-refractivity contribution in [3.63, 3.8) is 0 Å². The molecule has 11 aromatic rings. The summed E-state index contributed by atoms with van der Waals surface area (Å²) in [6, 6.07) is 76.5. The van der Waals surface area contributed by atoms with Crippen LogP contribution < -0.4 is 0 Å². The van der Waals surface area contributed by atoms with Gasteiger partial charge in [-0.05, 0) is 72.5 Å². The number of aliphatic hydroxyl groups is 1. The Balaban J connectivity index is 0.000000459. The molecule has 1 unspecified atom stereocenters. The number of hydrogen-bond donors (Lipinski definition) is 1. The molecule has 0 spiro atoms. The predicted octanol–water partition coefficient (Wildman–Crippen LogP) is 13.2. The Bertz CT molecular complexity index is 2980. The first-order valence-electron chi connectivity index (χ1n) is 22.4. The first kappa shape index (κ1) is 68.5. The summed E-state index contributed by atoms with van der Waals surface area (Å²) in [5, 5.41) is 19.6. The molecule has 5 radical (unpaired) electrons. The fourth-order valence-electron chi connectivity index (χ4n) is 6.17. The molecule has 9 nitrogen and oxygen atoms in total. The summed E-state index contributed by atoms with van der Waals surface area (Å²) in [6.07, 6.45) is 10.6. The summed E-state index contributed by atoms with van der Waals surface area (Å²) in [4.78, 5) is 23.1. The maximum Gasteiger partial charge on any atom is 0.132 e. The van der Waals surface area contributed by atoms with E-state index in [0.717, 1.165) is 55.7 Å². The Morgan fingerprint density at radius 3 is 1.51 bits per heavy atom. The van der Waals surface area contributed by atoms with Crippen LogP contribution in [0.2, 0.25) is 0 Å². The molecule has 16 heteroatoms. The molecular formula is C60H49FIr5N7O2S-5. The van der Waals surface area contributed by atoms with E-state index in [2.05, 4.69) is 67.6 Å². The van der Waals surface area contributed by atoms with Crippen LogP contribution in [0.3, 0.4) is 0 Å². The molecular weight excluding hydrogens is 1860 g/mol. The van der Waals surface area contributed by atoms with Gasteiger partial charge in [0.2, 0.25) is 0 Å². The Labute approximate surface area is 516 Å². The summed E-state index contributed by atoms with van der Waals surface area (Å²) in [5.74, 6) is -0.241. The van der Waals surface area contributed by atoms with E-state index in [1.165, 1.54) is 19.1 Å². The number of carbonyl (C=O) groups is 1. The van der Waals surface area contributed by atoms with Crippen LogP contribution in [0.4, 0.5) is 4.39 Å². The van der Waals surface area contributed by atoms with E-state index in [1.807, 2.05) is 182 Å². The van der Waals surface area contributed by atoms with E-state index in [9.17, 15) is 9.18 Å². The maximum atomic E-state index is 12.6. The minimum absolute atomic E-state index is 0. The fraction of sp³-hybridized carbons (Fsp3) is 0.0667. The largest absolute Gasteiger partial charge is 0.393 e. The molecule has 0 saturated heterocycles. The van der Waals surface area contributed by atoms with Crippen molar-refractivity contribution in [1.82, 2.24) is 34.5 Å². The van der Waals surface area contributed by atoms with E-state index < -0.39 is 6.10 Å². The number of nitrogens with zero attached hydrogens (tertiary/aromatic N) is 7. The molecule has 0 aliphatic carbocycles. The Kier molecular flexibility index (Phi) is 35.9. The van der Waals surface area contributed by atoms with Crippen LogP contribution in [-0.4, -0.2) is 51.5 Å². The molecule has 1 N–H and O–H groups in total. The standard InChI is InChI=1S/C17H12N.C11H7FN.C11H8N.C9H7N2.C7H5N2S.C5H10O2.5Ir/c1-3-8-14(9-4-1)16-12-7-13-17(18-16)15-10-5-2-6-11-15;12-10-6-4-9(5-7-10)11-3-1-2-8-13-11;1-2-6-10(7-3-1)11-8-4-5-9-12-11;1-2-5-9(6-3-1)11-8-4-7-10-11;1-3-7(10-6-1)9-5-2-4-8-9;1-4(6)3-5(2)7;;;;;/h1-10,12-13H;1-4,6-8H;1-6,8-9H;1-5,7-8H;1-2,4-6H;4,6H,3H2,1-2H3;;;;;/q5*-1;;;;;;. The van der Waals surface area contributed by atoms with Gasteiger partial charge < -0.3 is 15.1 Å². The zero-order valence-electron chi connectivity index (χ0n) is 40.7. The van der Waals surface area contributed by atoms with Crippen molar-refractivity contribution in [2.24, 2.45) is 0 Å². The third-order valence-corrected chi connectivity index (χ3v) is 10.2. The van der Waals surface area contributed by atoms with Crippen LogP contribution in [0.1, 0.15) is 20.3 Å². The maximum absolute atomic E-state index is 12.6. The zero-order chi connectivity index (χ0) is 49.7. The predicted molar refractivity (Wildman–Crippen MR) is 281 cm³/mol. The SMILES string of the molecule is CC(=O)CC(C)O.Fc1c[c-]c(-c2ccccn2)cc1.[Ir].[Ir].[Ir].[Ir].[Ir].[c-]1ccccc1-c1cccc(-c2ccccc2)n1.[c-]1ccccc1-c1ccccn1.[c-]1ccccc1-n1cccn1.[c-]1ccsc1-n1cccn1. The Morgan fingerprint density at radius 2 is 1.07 bits per heavy atom. The van der Waals surface area contributed by atoms with Crippen LogP contribution in [0.25, 0.3) is 55.7 Å². The molecule has 0 fully saturated rings. The van der Waals surface area contributed by atoms with Crippen LogP contribution in [0.5, 0.6) is 0 Å². The van der Waals surface area contributed by atoms with Crippen LogP contribution in [0.15, 0.2) is 237 Å². The van der Waals surface area contributed by atoms with E-state index in [4.69, 9.17) is 5.11 Å². The first-order valence-corrected chi connectivity index (χ1v) is 23.3. The van der Waals surface area contributed by atoms with Gasteiger partial charge in [0.15, 0.2) is 0 Å².